The Bertz CT molecular complexity index is 497. The number of carbonyl (C=O) groups is 1. The van der Waals surface area contributed by atoms with Crippen LogP contribution in [0.5, 0.6) is 5.75 Å². The van der Waals surface area contributed by atoms with E-state index in [2.05, 4.69) is 17.1 Å². The van der Waals surface area contributed by atoms with Crippen LogP contribution in [0, 0.1) is 6.92 Å². The standard InChI is InChI=1S/C17H27N3O2/c1-4-19-9-11-20(12-10-19)17(21)7-8-18-15-13-14(2)5-6-16(15)22-3/h5-6,13,18H,4,7-12H2,1-3H3. The van der Waals surface area contributed by atoms with E-state index in [1.165, 1.54) is 5.56 Å². The number of carbonyl (C=O) groups excluding carboxylic acids is 1. The molecule has 1 fully saturated rings. The number of nitrogens with zero attached hydrogens (tertiary/aromatic N) is 2. The van der Waals surface area contributed by atoms with E-state index in [-0.39, 0.29) is 5.91 Å². The molecule has 5 heteroatoms. The van der Waals surface area contributed by atoms with E-state index in [0.29, 0.717) is 13.0 Å². The van der Waals surface area contributed by atoms with E-state index in [9.17, 15) is 4.79 Å². The van der Waals surface area contributed by atoms with Gasteiger partial charge in [-0.3, -0.25) is 4.79 Å². The molecule has 0 unspecified atom stereocenters. The van der Waals surface area contributed by atoms with Crippen molar-refractivity contribution in [2.75, 3.05) is 51.7 Å². The predicted molar refractivity (Wildman–Crippen MR) is 89.5 cm³/mol. The van der Waals surface area contributed by atoms with Gasteiger partial charge in [0.25, 0.3) is 0 Å². The maximum Gasteiger partial charge on any atom is 0.224 e. The minimum absolute atomic E-state index is 0.231. The van der Waals surface area contributed by atoms with Gasteiger partial charge in [0.2, 0.25) is 5.91 Å². The zero-order valence-corrected chi connectivity index (χ0v) is 13.9. The number of aryl methyl sites for hydroxylation is 1. The summed E-state index contributed by atoms with van der Waals surface area (Å²) in [6, 6.07) is 6.01. The number of amides is 1. The maximum absolute atomic E-state index is 12.2. The topological polar surface area (TPSA) is 44.8 Å². The summed E-state index contributed by atoms with van der Waals surface area (Å²) in [4.78, 5) is 16.6. The maximum atomic E-state index is 12.2. The first-order valence-electron chi connectivity index (χ1n) is 8.02. The molecule has 122 valence electrons. The van der Waals surface area contributed by atoms with Crippen molar-refractivity contribution in [3.8, 4) is 5.75 Å². The van der Waals surface area contributed by atoms with Crippen LogP contribution in [0.3, 0.4) is 0 Å². The Balaban J connectivity index is 1.79. The second kappa shape index (κ2) is 8.03. The van der Waals surface area contributed by atoms with Crippen LogP contribution in [0.4, 0.5) is 5.69 Å². The van der Waals surface area contributed by atoms with Gasteiger partial charge in [-0.25, -0.2) is 0 Å². The molecule has 1 saturated heterocycles. The lowest BCUT2D eigenvalue weighted by Crippen LogP contribution is -2.48. The molecule has 1 heterocycles. The Kier molecular flexibility index (Phi) is 6.07. The molecular weight excluding hydrogens is 278 g/mol. The molecule has 0 atom stereocenters. The number of likely N-dealkylation sites (N-methyl/N-ethyl adjacent to an activating group) is 1. The van der Waals surface area contributed by atoms with Gasteiger partial charge in [-0.05, 0) is 31.2 Å². The number of piperazine rings is 1. The molecule has 1 aliphatic rings. The Morgan fingerprint density at radius 1 is 1.27 bits per heavy atom. The van der Waals surface area contributed by atoms with Crippen molar-refractivity contribution in [3.05, 3.63) is 23.8 Å². The van der Waals surface area contributed by atoms with Gasteiger partial charge in [-0.1, -0.05) is 13.0 Å². The highest BCUT2D eigenvalue weighted by Crippen LogP contribution is 2.25. The molecule has 2 rings (SSSR count). The highest BCUT2D eigenvalue weighted by atomic mass is 16.5. The summed E-state index contributed by atoms with van der Waals surface area (Å²) < 4.78 is 5.33. The van der Waals surface area contributed by atoms with E-state index < -0.39 is 0 Å². The Morgan fingerprint density at radius 3 is 2.64 bits per heavy atom. The molecule has 0 bridgehead atoms. The highest BCUT2D eigenvalue weighted by Gasteiger charge is 2.19. The van der Waals surface area contributed by atoms with Gasteiger partial charge in [0.15, 0.2) is 0 Å². The van der Waals surface area contributed by atoms with Crippen LogP contribution in [0.25, 0.3) is 0 Å². The molecule has 0 aromatic heterocycles. The van der Waals surface area contributed by atoms with Gasteiger partial charge in [-0.2, -0.15) is 0 Å². The van der Waals surface area contributed by atoms with Gasteiger partial charge < -0.3 is 19.9 Å². The Labute approximate surface area is 133 Å². The molecule has 0 saturated carbocycles. The number of nitrogens with one attached hydrogen (secondary N) is 1. The van der Waals surface area contributed by atoms with Crippen molar-refractivity contribution < 1.29 is 9.53 Å². The van der Waals surface area contributed by atoms with E-state index in [1.807, 2.05) is 30.0 Å². The number of anilines is 1. The van der Waals surface area contributed by atoms with E-state index >= 15 is 0 Å². The van der Waals surface area contributed by atoms with Crippen LogP contribution < -0.4 is 10.1 Å². The zero-order valence-electron chi connectivity index (χ0n) is 13.9. The smallest absolute Gasteiger partial charge is 0.224 e. The summed E-state index contributed by atoms with van der Waals surface area (Å²) in [5.74, 6) is 1.05. The first-order chi connectivity index (χ1) is 10.6. The minimum atomic E-state index is 0.231. The summed E-state index contributed by atoms with van der Waals surface area (Å²) >= 11 is 0. The Morgan fingerprint density at radius 2 is 2.00 bits per heavy atom. The fourth-order valence-corrected chi connectivity index (χ4v) is 2.74. The summed E-state index contributed by atoms with van der Waals surface area (Å²) in [6.45, 7) is 9.58. The number of benzene rings is 1. The predicted octanol–water partition coefficient (Wildman–Crippen LogP) is 1.97. The van der Waals surface area contributed by atoms with E-state index in [0.717, 1.165) is 44.2 Å². The molecule has 1 aromatic rings. The molecule has 1 amide bonds. The molecule has 1 N–H and O–H groups in total. The second-order valence-corrected chi connectivity index (χ2v) is 5.70. The number of methoxy groups -OCH3 is 1. The first-order valence-corrected chi connectivity index (χ1v) is 8.02. The lowest BCUT2D eigenvalue weighted by atomic mass is 10.2. The number of hydrogen-bond acceptors (Lipinski definition) is 4. The van der Waals surface area contributed by atoms with Crippen LogP contribution in [0.1, 0.15) is 18.9 Å². The van der Waals surface area contributed by atoms with E-state index in [4.69, 9.17) is 4.74 Å². The van der Waals surface area contributed by atoms with Crippen molar-refractivity contribution in [1.29, 1.82) is 0 Å². The summed E-state index contributed by atoms with van der Waals surface area (Å²) in [5.41, 5.74) is 2.12. The summed E-state index contributed by atoms with van der Waals surface area (Å²) in [5, 5.41) is 3.31. The molecule has 1 aromatic carbocycles. The third-order valence-electron chi connectivity index (χ3n) is 4.18. The van der Waals surface area contributed by atoms with Crippen molar-refractivity contribution in [2.45, 2.75) is 20.3 Å². The molecule has 0 radical (unpaired) electrons. The van der Waals surface area contributed by atoms with Crippen molar-refractivity contribution in [3.63, 3.8) is 0 Å². The lowest BCUT2D eigenvalue weighted by Gasteiger charge is -2.34. The normalized spacial score (nSPS) is 15.7. The average Bonchev–Trinajstić information content (AvgIpc) is 2.55. The third kappa shape index (κ3) is 4.37. The molecule has 1 aliphatic heterocycles. The van der Waals surface area contributed by atoms with Crippen molar-refractivity contribution in [1.82, 2.24) is 9.80 Å². The first kappa shape index (κ1) is 16.6. The summed E-state index contributed by atoms with van der Waals surface area (Å²) in [7, 11) is 1.66. The number of rotatable bonds is 6. The molecule has 0 spiro atoms. The van der Waals surface area contributed by atoms with Crippen LogP contribution in [-0.4, -0.2) is 62.1 Å². The van der Waals surface area contributed by atoms with Gasteiger partial charge >= 0.3 is 0 Å². The fraction of sp³-hybridized carbons (Fsp3) is 0.588. The average molecular weight is 305 g/mol. The molecular formula is C17H27N3O2. The fourth-order valence-electron chi connectivity index (χ4n) is 2.74. The summed E-state index contributed by atoms with van der Waals surface area (Å²) in [6.07, 6.45) is 0.517. The zero-order chi connectivity index (χ0) is 15.9. The van der Waals surface area contributed by atoms with E-state index in [1.54, 1.807) is 7.11 Å². The second-order valence-electron chi connectivity index (χ2n) is 5.70. The van der Waals surface area contributed by atoms with Crippen molar-refractivity contribution in [2.24, 2.45) is 0 Å². The largest absolute Gasteiger partial charge is 0.495 e. The highest BCUT2D eigenvalue weighted by molar-refractivity contribution is 5.77. The molecule has 5 nitrogen and oxygen atoms in total. The van der Waals surface area contributed by atoms with Crippen LogP contribution in [-0.2, 0) is 4.79 Å². The lowest BCUT2D eigenvalue weighted by molar-refractivity contribution is -0.132. The van der Waals surface area contributed by atoms with Gasteiger partial charge in [-0.15, -0.1) is 0 Å². The van der Waals surface area contributed by atoms with Crippen LogP contribution in [0.2, 0.25) is 0 Å². The molecule has 0 aliphatic carbocycles. The van der Waals surface area contributed by atoms with Crippen LogP contribution in [0.15, 0.2) is 18.2 Å². The van der Waals surface area contributed by atoms with Gasteiger partial charge in [0, 0.05) is 39.1 Å². The minimum Gasteiger partial charge on any atom is -0.495 e. The third-order valence-corrected chi connectivity index (χ3v) is 4.18. The SMILES string of the molecule is CCN1CCN(C(=O)CCNc2cc(C)ccc2OC)CC1. The van der Waals surface area contributed by atoms with Gasteiger partial charge in [0.1, 0.15) is 5.75 Å². The van der Waals surface area contributed by atoms with Gasteiger partial charge in [0.05, 0.1) is 12.8 Å². The number of ether oxygens (including phenoxy) is 1. The number of hydrogen-bond donors (Lipinski definition) is 1. The quantitative estimate of drug-likeness (QED) is 0.873. The van der Waals surface area contributed by atoms with Crippen molar-refractivity contribution >= 4 is 11.6 Å². The monoisotopic (exact) mass is 305 g/mol. The molecule has 22 heavy (non-hydrogen) atoms. The Hall–Kier alpha value is -1.75. The van der Waals surface area contributed by atoms with Crippen LogP contribution >= 0.6 is 0 Å².